The van der Waals surface area contributed by atoms with Gasteiger partial charge in [0.2, 0.25) is 0 Å². The van der Waals surface area contributed by atoms with Crippen molar-refractivity contribution in [2.45, 2.75) is 6.92 Å². The van der Waals surface area contributed by atoms with E-state index >= 15 is 0 Å². The average Bonchev–Trinajstić information content (AvgIpc) is 3.13. The van der Waals surface area contributed by atoms with Crippen molar-refractivity contribution in [3.8, 4) is 17.1 Å². The van der Waals surface area contributed by atoms with Crippen LogP contribution in [-0.4, -0.2) is 22.5 Å². The largest absolute Gasteiger partial charge is 0.484 e. The van der Waals surface area contributed by atoms with Crippen LogP contribution in [0.15, 0.2) is 71.2 Å². The number of hydrogen-bond acceptors (Lipinski definition) is 3. The molecule has 0 saturated heterocycles. The molecule has 6 heteroatoms. The molecule has 0 fully saturated rings. The molecule has 0 aliphatic carbocycles. The number of carbonyl (C=O) groups is 1. The number of nitrogens with one attached hydrogen (secondary N) is 2. The van der Waals surface area contributed by atoms with Gasteiger partial charge in [-0.2, -0.15) is 0 Å². The number of nitrogens with zero attached hydrogens (tertiary/aromatic N) is 1. The summed E-state index contributed by atoms with van der Waals surface area (Å²) in [6.07, 6.45) is 0. The summed E-state index contributed by atoms with van der Waals surface area (Å²) in [6.45, 7) is 1.91. The first-order valence-corrected chi connectivity index (χ1v) is 9.62. The molecular formula is C22H18BrN3O2. The van der Waals surface area contributed by atoms with E-state index in [1.54, 1.807) is 0 Å². The Morgan fingerprint density at radius 1 is 1.07 bits per heavy atom. The van der Waals surface area contributed by atoms with Gasteiger partial charge in [-0.25, -0.2) is 4.98 Å². The summed E-state index contributed by atoms with van der Waals surface area (Å²) in [5.74, 6) is 1.21. The van der Waals surface area contributed by atoms with Gasteiger partial charge in [0, 0.05) is 15.7 Å². The first-order valence-electron chi connectivity index (χ1n) is 8.83. The Kier molecular flexibility index (Phi) is 5.12. The lowest BCUT2D eigenvalue weighted by Gasteiger charge is -2.12. The normalized spacial score (nSPS) is 10.8. The second-order valence-corrected chi connectivity index (χ2v) is 7.29. The molecule has 140 valence electrons. The van der Waals surface area contributed by atoms with Gasteiger partial charge in [-0.15, -0.1) is 0 Å². The number of benzene rings is 3. The van der Waals surface area contributed by atoms with E-state index in [-0.39, 0.29) is 12.5 Å². The van der Waals surface area contributed by atoms with Crippen LogP contribution in [0.25, 0.3) is 22.4 Å². The van der Waals surface area contributed by atoms with E-state index in [0.717, 1.165) is 38.1 Å². The minimum atomic E-state index is -0.215. The van der Waals surface area contributed by atoms with Crippen LogP contribution in [0, 0.1) is 6.92 Å². The Labute approximate surface area is 170 Å². The van der Waals surface area contributed by atoms with Crippen LogP contribution in [0.3, 0.4) is 0 Å². The lowest BCUT2D eigenvalue weighted by molar-refractivity contribution is -0.118. The van der Waals surface area contributed by atoms with E-state index in [1.165, 1.54) is 0 Å². The molecule has 0 unspecified atom stereocenters. The standard InChI is InChI=1S/C22H18BrN3O2/c1-14-17(22-25-19-6-2-3-7-20(19)26-22)5-4-8-18(14)24-21(27)13-28-16-11-9-15(23)10-12-16/h2-12H,13H2,1H3,(H,24,27)(H,25,26). The SMILES string of the molecule is Cc1c(NC(=O)COc2ccc(Br)cc2)cccc1-c1nc2ccccc2[nH]1. The molecule has 5 nitrogen and oxygen atoms in total. The van der Waals surface area contributed by atoms with Crippen molar-refractivity contribution < 1.29 is 9.53 Å². The van der Waals surface area contributed by atoms with Gasteiger partial charge < -0.3 is 15.0 Å². The Bertz CT molecular complexity index is 1100. The Balaban J connectivity index is 1.50. The van der Waals surface area contributed by atoms with Crippen LogP contribution in [-0.2, 0) is 4.79 Å². The molecule has 0 aliphatic heterocycles. The van der Waals surface area contributed by atoms with Crippen molar-refractivity contribution in [1.29, 1.82) is 0 Å². The molecular weight excluding hydrogens is 418 g/mol. The number of aromatic amines is 1. The van der Waals surface area contributed by atoms with E-state index in [0.29, 0.717) is 5.75 Å². The molecule has 2 N–H and O–H groups in total. The molecule has 0 aliphatic rings. The molecule has 1 aromatic heterocycles. The van der Waals surface area contributed by atoms with E-state index < -0.39 is 0 Å². The van der Waals surface area contributed by atoms with Crippen molar-refractivity contribution in [2.75, 3.05) is 11.9 Å². The maximum absolute atomic E-state index is 12.3. The molecule has 0 spiro atoms. The van der Waals surface area contributed by atoms with Crippen molar-refractivity contribution in [3.63, 3.8) is 0 Å². The Morgan fingerprint density at radius 3 is 2.64 bits per heavy atom. The van der Waals surface area contributed by atoms with Gasteiger partial charge in [-0.1, -0.05) is 40.2 Å². The summed E-state index contributed by atoms with van der Waals surface area (Å²) in [4.78, 5) is 20.3. The minimum Gasteiger partial charge on any atom is -0.484 e. The van der Waals surface area contributed by atoms with Crippen LogP contribution < -0.4 is 10.1 Å². The smallest absolute Gasteiger partial charge is 0.262 e. The summed E-state index contributed by atoms with van der Waals surface area (Å²) in [7, 11) is 0. The second kappa shape index (κ2) is 7.86. The average molecular weight is 436 g/mol. The quantitative estimate of drug-likeness (QED) is 0.445. The van der Waals surface area contributed by atoms with Crippen LogP contribution in [0.2, 0.25) is 0 Å². The van der Waals surface area contributed by atoms with E-state index in [2.05, 4.69) is 31.2 Å². The number of para-hydroxylation sites is 2. The number of amides is 1. The third-order valence-electron chi connectivity index (χ3n) is 4.44. The summed E-state index contributed by atoms with van der Waals surface area (Å²) >= 11 is 3.37. The van der Waals surface area contributed by atoms with Crippen LogP contribution in [0.1, 0.15) is 5.56 Å². The van der Waals surface area contributed by atoms with Crippen molar-refractivity contribution in [3.05, 3.63) is 76.8 Å². The number of halogens is 1. The fraction of sp³-hybridized carbons (Fsp3) is 0.0909. The third-order valence-corrected chi connectivity index (χ3v) is 4.96. The second-order valence-electron chi connectivity index (χ2n) is 6.37. The van der Waals surface area contributed by atoms with Gasteiger partial charge in [-0.3, -0.25) is 4.79 Å². The summed E-state index contributed by atoms with van der Waals surface area (Å²) in [5.41, 5.74) is 4.52. The minimum absolute atomic E-state index is 0.0596. The predicted molar refractivity (Wildman–Crippen MR) is 115 cm³/mol. The molecule has 0 radical (unpaired) electrons. The number of aromatic nitrogens is 2. The van der Waals surface area contributed by atoms with E-state index in [4.69, 9.17) is 4.74 Å². The van der Waals surface area contributed by atoms with Crippen molar-refractivity contribution >= 4 is 38.6 Å². The topological polar surface area (TPSA) is 67.0 Å². The molecule has 0 saturated carbocycles. The zero-order valence-electron chi connectivity index (χ0n) is 15.2. The Morgan fingerprint density at radius 2 is 1.86 bits per heavy atom. The summed E-state index contributed by atoms with van der Waals surface area (Å²) in [6, 6.07) is 21.0. The van der Waals surface area contributed by atoms with Gasteiger partial charge in [0.1, 0.15) is 11.6 Å². The first-order chi connectivity index (χ1) is 13.6. The van der Waals surface area contributed by atoms with Crippen molar-refractivity contribution in [2.24, 2.45) is 0 Å². The van der Waals surface area contributed by atoms with Gasteiger partial charge in [0.15, 0.2) is 6.61 Å². The Hall–Kier alpha value is -3.12. The van der Waals surface area contributed by atoms with Gasteiger partial charge in [-0.05, 0) is 55.0 Å². The number of anilines is 1. The number of H-pyrrole nitrogens is 1. The number of fused-ring (bicyclic) bond motifs is 1. The highest BCUT2D eigenvalue weighted by molar-refractivity contribution is 9.10. The highest BCUT2D eigenvalue weighted by Crippen LogP contribution is 2.28. The lowest BCUT2D eigenvalue weighted by atomic mass is 10.1. The monoisotopic (exact) mass is 435 g/mol. The van der Waals surface area contributed by atoms with Crippen LogP contribution >= 0.6 is 15.9 Å². The number of rotatable bonds is 5. The fourth-order valence-electron chi connectivity index (χ4n) is 2.97. The van der Waals surface area contributed by atoms with Gasteiger partial charge in [0.25, 0.3) is 5.91 Å². The zero-order valence-corrected chi connectivity index (χ0v) is 16.8. The van der Waals surface area contributed by atoms with Gasteiger partial charge >= 0.3 is 0 Å². The van der Waals surface area contributed by atoms with E-state index in [9.17, 15) is 4.79 Å². The molecule has 1 amide bonds. The highest BCUT2D eigenvalue weighted by Gasteiger charge is 2.12. The van der Waals surface area contributed by atoms with Gasteiger partial charge in [0.05, 0.1) is 11.0 Å². The van der Waals surface area contributed by atoms with Crippen molar-refractivity contribution in [1.82, 2.24) is 9.97 Å². The zero-order chi connectivity index (χ0) is 19.5. The van der Waals surface area contributed by atoms with E-state index in [1.807, 2.05) is 73.7 Å². The van der Waals surface area contributed by atoms with Crippen LogP contribution in [0.5, 0.6) is 5.75 Å². The number of imidazole rings is 1. The highest BCUT2D eigenvalue weighted by atomic mass is 79.9. The summed E-state index contributed by atoms with van der Waals surface area (Å²) in [5, 5.41) is 2.92. The number of hydrogen-bond donors (Lipinski definition) is 2. The molecule has 1 heterocycles. The third kappa shape index (κ3) is 3.92. The first kappa shape index (κ1) is 18.3. The number of ether oxygens (including phenoxy) is 1. The molecule has 0 atom stereocenters. The maximum atomic E-state index is 12.3. The maximum Gasteiger partial charge on any atom is 0.262 e. The molecule has 0 bridgehead atoms. The predicted octanol–water partition coefficient (Wildman–Crippen LogP) is 5.32. The summed E-state index contributed by atoms with van der Waals surface area (Å²) < 4.78 is 6.50. The molecule has 4 rings (SSSR count). The lowest BCUT2D eigenvalue weighted by Crippen LogP contribution is -2.20. The molecule has 28 heavy (non-hydrogen) atoms. The van der Waals surface area contributed by atoms with Crippen LogP contribution in [0.4, 0.5) is 5.69 Å². The molecule has 3 aromatic carbocycles. The molecule has 4 aromatic rings. The number of carbonyl (C=O) groups excluding carboxylic acids is 1. The fourth-order valence-corrected chi connectivity index (χ4v) is 3.24.